The van der Waals surface area contributed by atoms with Crippen LogP contribution in [0.2, 0.25) is 0 Å². The zero-order chi connectivity index (χ0) is 22.4. The molecule has 2 N–H and O–H groups in total. The fourth-order valence-electron chi connectivity index (χ4n) is 3.85. The molecule has 3 amide bonds. The first-order valence-electron chi connectivity index (χ1n) is 10.6. The van der Waals surface area contributed by atoms with Crippen molar-refractivity contribution in [2.45, 2.75) is 39.8 Å². The molecule has 1 aliphatic heterocycles. The fourth-order valence-corrected chi connectivity index (χ4v) is 3.85. The predicted molar refractivity (Wildman–Crippen MR) is 122 cm³/mol. The van der Waals surface area contributed by atoms with E-state index in [-0.39, 0.29) is 30.3 Å². The van der Waals surface area contributed by atoms with Gasteiger partial charge in [0.15, 0.2) is 0 Å². The van der Waals surface area contributed by atoms with E-state index in [4.69, 9.17) is 0 Å². The summed E-state index contributed by atoms with van der Waals surface area (Å²) in [5.74, 6) is -0.284. The Hall–Kier alpha value is -3.19. The molecule has 164 valence electrons. The molecular formula is C24H30N4O3. The minimum atomic E-state index is -0.386. The molecule has 0 bridgehead atoms. The number of carbonyl (C=O) groups is 3. The monoisotopic (exact) mass is 422 g/mol. The minimum Gasteiger partial charge on any atom is -0.337 e. The first-order valence-corrected chi connectivity index (χ1v) is 10.6. The molecule has 2 aromatic rings. The lowest BCUT2D eigenvalue weighted by molar-refractivity contribution is -0.137. The van der Waals surface area contributed by atoms with Gasteiger partial charge in [-0.15, -0.1) is 0 Å². The van der Waals surface area contributed by atoms with Gasteiger partial charge in [-0.1, -0.05) is 31.2 Å². The van der Waals surface area contributed by atoms with E-state index < -0.39 is 0 Å². The Morgan fingerprint density at radius 1 is 1.00 bits per heavy atom. The van der Waals surface area contributed by atoms with Crippen LogP contribution in [-0.2, 0) is 27.3 Å². The van der Waals surface area contributed by atoms with Crippen molar-refractivity contribution < 1.29 is 14.4 Å². The molecule has 0 radical (unpaired) electrons. The van der Waals surface area contributed by atoms with E-state index in [1.807, 2.05) is 35.8 Å². The maximum absolute atomic E-state index is 13.1. The highest BCUT2D eigenvalue weighted by Gasteiger charge is 2.28. The van der Waals surface area contributed by atoms with Gasteiger partial charge in [0.25, 0.3) is 0 Å². The second-order valence-electron chi connectivity index (χ2n) is 7.82. The Labute approximate surface area is 183 Å². The Balaban J connectivity index is 1.56. The van der Waals surface area contributed by atoms with Gasteiger partial charge in [0.05, 0.1) is 12.6 Å². The topological polar surface area (TPSA) is 81.8 Å². The van der Waals surface area contributed by atoms with Gasteiger partial charge in [0.2, 0.25) is 17.7 Å². The zero-order valence-electron chi connectivity index (χ0n) is 18.4. The van der Waals surface area contributed by atoms with E-state index in [0.717, 1.165) is 6.42 Å². The summed E-state index contributed by atoms with van der Waals surface area (Å²) < 4.78 is 0. The van der Waals surface area contributed by atoms with E-state index in [0.29, 0.717) is 31.0 Å². The maximum atomic E-state index is 13.1. The summed E-state index contributed by atoms with van der Waals surface area (Å²) in [6.07, 6.45) is 0.857. The number of hydrogen-bond donors (Lipinski definition) is 2. The van der Waals surface area contributed by atoms with Crippen molar-refractivity contribution in [1.29, 1.82) is 0 Å². The van der Waals surface area contributed by atoms with Crippen LogP contribution in [0.5, 0.6) is 0 Å². The van der Waals surface area contributed by atoms with Crippen molar-refractivity contribution in [3.63, 3.8) is 0 Å². The summed E-state index contributed by atoms with van der Waals surface area (Å²) in [6, 6.07) is 14.8. The van der Waals surface area contributed by atoms with Gasteiger partial charge < -0.3 is 15.5 Å². The Morgan fingerprint density at radius 3 is 2.23 bits per heavy atom. The van der Waals surface area contributed by atoms with Crippen molar-refractivity contribution in [3.8, 4) is 0 Å². The van der Waals surface area contributed by atoms with Crippen molar-refractivity contribution in [2.24, 2.45) is 0 Å². The number of nitrogens with zero attached hydrogens (tertiary/aromatic N) is 2. The first-order chi connectivity index (χ1) is 14.9. The van der Waals surface area contributed by atoms with Gasteiger partial charge in [-0.25, -0.2) is 0 Å². The fraction of sp³-hybridized carbons (Fsp3) is 0.375. The second kappa shape index (κ2) is 10.2. The van der Waals surface area contributed by atoms with E-state index in [1.54, 1.807) is 24.3 Å². The van der Waals surface area contributed by atoms with Crippen LogP contribution in [0.15, 0.2) is 48.5 Å². The number of benzene rings is 2. The average molecular weight is 423 g/mol. The molecule has 0 saturated carbocycles. The maximum Gasteiger partial charge on any atom is 0.239 e. The Bertz CT molecular complexity index is 942. The summed E-state index contributed by atoms with van der Waals surface area (Å²) in [7, 11) is 0. The standard InChI is InChI=1S/C24H30N4O3/c1-4-27(16-23(30)26-22-11-9-21(10-12-22)25-18(3)29)17(2)24(31)28-14-13-19-7-5-6-8-20(19)15-28/h5-12,17H,4,13-16H2,1-3H3,(H,25,29)(H,26,30). The highest BCUT2D eigenvalue weighted by molar-refractivity contribution is 5.93. The molecule has 1 aliphatic rings. The molecule has 7 heteroatoms. The van der Waals surface area contributed by atoms with Gasteiger partial charge in [0.1, 0.15) is 0 Å². The lowest BCUT2D eigenvalue weighted by Crippen LogP contribution is -2.50. The van der Waals surface area contributed by atoms with Crippen LogP contribution in [0.25, 0.3) is 0 Å². The van der Waals surface area contributed by atoms with Crippen LogP contribution in [0.4, 0.5) is 11.4 Å². The highest BCUT2D eigenvalue weighted by atomic mass is 16.2. The average Bonchev–Trinajstić information content (AvgIpc) is 2.77. The quantitative estimate of drug-likeness (QED) is 0.719. The number of fused-ring (bicyclic) bond motifs is 1. The van der Waals surface area contributed by atoms with Gasteiger partial charge >= 0.3 is 0 Å². The van der Waals surface area contributed by atoms with Crippen LogP contribution in [0.1, 0.15) is 31.9 Å². The van der Waals surface area contributed by atoms with Crippen molar-refractivity contribution in [1.82, 2.24) is 9.80 Å². The first kappa shape index (κ1) is 22.5. The third kappa shape index (κ3) is 5.92. The SMILES string of the molecule is CCN(CC(=O)Nc1ccc(NC(C)=O)cc1)C(C)C(=O)N1CCc2ccccc2C1. The van der Waals surface area contributed by atoms with Crippen molar-refractivity contribution in [3.05, 3.63) is 59.7 Å². The lowest BCUT2D eigenvalue weighted by Gasteiger charge is -2.34. The largest absolute Gasteiger partial charge is 0.337 e. The zero-order valence-corrected chi connectivity index (χ0v) is 18.4. The summed E-state index contributed by atoms with van der Waals surface area (Å²) in [6.45, 7) is 7.29. The van der Waals surface area contributed by atoms with Gasteiger partial charge in [-0.3, -0.25) is 19.3 Å². The van der Waals surface area contributed by atoms with Crippen molar-refractivity contribution >= 4 is 29.1 Å². The number of amides is 3. The van der Waals surface area contributed by atoms with Crippen LogP contribution < -0.4 is 10.6 Å². The molecule has 0 aromatic heterocycles. The molecule has 0 saturated heterocycles. The third-order valence-corrected chi connectivity index (χ3v) is 5.59. The van der Waals surface area contributed by atoms with Crippen LogP contribution >= 0.6 is 0 Å². The molecule has 1 heterocycles. The summed E-state index contributed by atoms with van der Waals surface area (Å²) in [5, 5.41) is 5.54. The molecule has 3 rings (SSSR count). The predicted octanol–water partition coefficient (Wildman–Crippen LogP) is 2.88. The number of carbonyl (C=O) groups excluding carboxylic acids is 3. The molecule has 0 fully saturated rings. The molecule has 7 nitrogen and oxygen atoms in total. The third-order valence-electron chi connectivity index (χ3n) is 5.59. The lowest BCUT2D eigenvalue weighted by atomic mass is 9.99. The van der Waals surface area contributed by atoms with Crippen LogP contribution in [0.3, 0.4) is 0 Å². The number of hydrogen-bond acceptors (Lipinski definition) is 4. The smallest absolute Gasteiger partial charge is 0.239 e. The number of likely N-dealkylation sites (N-methyl/N-ethyl adjacent to an activating group) is 1. The Kier molecular flexibility index (Phi) is 7.41. The van der Waals surface area contributed by atoms with Gasteiger partial charge in [-0.2, -0.15) is 0 Å². The summed E-state index contributed by atoms with van der Waals surface area (Å²) >= 11 is 0. The normalized spacial score (nSPS) is 14.0. The van der Waals surface area contributed by atoms with E-state index in [9.17, 15) is 14.4 Å². The molecule has 0 aliphatic carbocycles. The van der Waals surface area contributed by atoms with Gasteiger partial charge in [-0.05, 0) is 55.3 Å². The van der Waals surface area contributed by atoms with Gasteiger partial charge in [0, 0.05) is 31.4 Å². The number of nitrogens with one attached hydrogen (secondary N) is 2. The number of rotatable bonds is 7. The van der Waals surface area contributed by atoms with E-state index in [1.165, 1.54) is 18.1 Å². The second-order valence-corrected chi connectivity index (χ2v) is 7.82. The molecule has 2 aromatic carbocycles. The Morgan fingerprint density at radius 2 is 1.61 bits per heavy atom. The molecule has 1 atom stereocenters. The number of anilines is 2. The molecule has 1 unspecified atom stereocenters. The molecule has 31 heavy (non-hydrogen) atoms. The van der Waals surface area contributed by atoms with Crippen LogP contribution in [-0.4, -0.2) is 53.2 Å². The summed E-state index contributed by atoms with van der Waals surface area (Å²) in [4.78, 5) is 40.5. The summed E-state index contributed by atoms with van der Waals surface area (Å²) in [5.41, 5.74) is 3.80. The van der Waals surface area contributed by atoms with E-state index in [2.05, 4.69) is 22.8 Å². The van der Waals surface area contributed by atoms with Crippen molar-refractivity contribution in [2.75, 3.05) is 30.3 Å². The molecular weight excluding hydrogens is 392 g/mol. The van der Waals surface area contributed by atoms with Crippen LogP contribution in [0, 0.1) is 0 Å². The minimum absolute atomic E-state index is 0.0452. The van der Waals surface area contributed by atoms with E-state index >= 15 is 0 Å². The molecule has 0 spiro atoms. The highest BCUT2D eigenvalue weighted by Crippen LogP contribution is 2.20.